The van der Waals surface area contributed by atoms with Crippen LogP contribution < -0.4 is 9.47 Å². The van der Waals surface area contributed by atoms with E-state index in [9.17, 15) is 14.4 Å². The number of methoxy groups -OCH3 is 1. The predicted octanol–water partition coefficient (Wildman–Crippen LogP) is 4.59. The molecule has 1 fully saturated rings. The molecule has 3 atom stereocenters. The molecule has 1 aromatic carbocycles. The number of carbonyl (C=O) groups is 3. The summed E-state index contributed by atoms with van der Waals surface area (Å²) in [5.74, 6) is 1.31. The Kier molecular flexibility index (Phi) is 8.68. The molecule has 6 heteroatoms. The first-order chi connectivity index (χ1) is 13.8. The largest absolute Gasteiger partial charge is 0.493 e. The zero-order chi connectivity index (χ0) is 21.4. The van der Waals surface area contributed by atoms with Crippen molar-refractivity contribution in [2.75, 3.05) is 7.11 Å². The Bertz CT molecular complexity index is 711. The third kappa shape index (κ3) is 6.87. The van der Waals surface area contributed by atoms with Gasteiger partial charge in [0.2, 0.25) is 0 Å². The van der Waals surface area contributed by atoms with E-state index in [2.05, 4.69) is 20.8 Å². The molecule has 2 rings (SSSR count). The highest BCUT2D eigenvalue weighted by molar-refractivity contribution is 5.78. The maximum atomic E-state index is 12.3. The van der Waals surface area contributed by atoms with Gasteiger partial charge in [-0.1, -0.05) is 27.2 Å². The molecule has 0 bridgehead atoms. The molecule has 1 aromatic rings. The molecule has 160 valence electrons. The Morgan fingerprint density at radius 2 is 1.86 bits per heavy atom. The van der Waals surface area contributed by atoms with Gasteiger partial charge in [0.1, 0.15) is 12.4 Å². The molecule has 6 nitrogen and oxygen atoms in total. The molecule has 0 saturated heterocycles. The highest BCUT2D eigenvalue weighted by atomic mass is 16.6. The van der Waals surface area contributed by atoms with Gasteiger partial charge in [0.15, 0.2) is 11.5 Å². The highest BCUT2D eigenvalue weighted by Crippen LogP contribution is 2.35. The summed E-state index contributed by atoms with van der Waals surface area (Å²) >= 11 is 0. The van der Waals surface area contributed by atoms with E-state index in [1.807, 2.05) is 0 Å². The molecule has 1 aliphatic rings. The molecule has 3 unspecified atom stereocenters. The van der Waals surface area contributed by atoms with Gasteiger partial charge in [0, 0.05) is 18.4 Å². The van der Waals surface area contributed by atoms with Crippen molar-refractivity contribution < 1.29 is 28.6 Å². The molecular formula is C23H32O6. The lowest BCUT2D eigenvalue weighted by Crippen LogP contribution is -2.35. The van der Waals surface area contributed by atoms with E-state index in [1.165, 1.54) is 25.7 Å². The van der Waals surface area contributed by atoms with Crippen molar-refractivity contribution in [1.29, 1.82) is 0 Å². The number of rotatable bonds is 9. The van der Waals surface area contributed by atoms with Crippen LogP contribution in [-0.4, -0.2) is 31.4 Å². The molecular weight excluding hydrogens is 372 g/mol. The lowest BCUT2D eigenvalue weighted by atomic mass is 9.75. The van der Waals surface area contributed by atoms with Gasteiger partial charge in [-0.25, -0.2) is 0 Å². The third-order valence-electron chi connectivity index (χ3n) is 5.55. The molecule has 0 amide bonds. The van der Waals surface area contributed by atoms with Crippen LogP contribution in [-0.2, 0) is 14.3 Å². The number of ether oxygens (including phenoxy) is 3. The van der Waals surface area contributed by atoms with Crippen molar-refractivity contribution in [2.45, 2.75) is 65.4 Å². The fraction of sp³-hybridized carbons (Fsp3) is 0.609. The number of hydrogen-bond donors (Lipinski definition) is 0. The Hall–Kier alpha value is -2.37. The summed E-state index contributed by atoms with van der Waals surface area (Å²) in [5.41, 5.74) is 0.432. The van der Waals surface area contributed by atoms with Crippen LogP contribution in [0, 0.1) is 17.8 Å². The lowest BCUT2D eigenvalue weighted by Gasteiger charge is -2.36. The summed E-state index contributed by atoms with van der Waals surface area (Å²) in [6.45, 7) is 6.55. The topological polar surface area (TPSA) is 78.9 Å². The van der Waals surface area contributed by atoms with Crippen molar-refractivity contribution in [1.82, 2.24) is 0 Å². The molecule has 29 heavy (non-hydrogen) atoms. The molecule has 0 heterocycles. The van der Waals surface area contributed by atoms with Crippen molar-refractivity contribution >= 4 is 18.2 Å². The summed E-state index contributed by atoms with van der Waals surface area (Å²) in [6.07, 6.45) is 4.49. The van der Waals surface area contributed by atoms with Gasteiger partial charge in [-0.05, 0) is 55.2 Å². The van der Waals surface area contributed by atoms with Crippen LogP contribution in [0.25, 0.3) is 0 Å². The second kappa shape index (κ2) is 11.0. The van der Waals surface area contributed by atoms with E-state index in [1.54, 1.807) is 6.07 Å². The zero-order valence-corrected chi connectivity index (χ0v) is 17.8. The summed E-state index contributed by atoms with van der Waals surface area (Å²) < 4.78 is 16.2. The second-order valence-corrected chi connectivity index (χ2v) is 8.21. The monoisotopic (exact) mass is 404 g/mol. The first-order valence-electron chi connectivity index (χ1n) is 10.4. The first kappa shape index (κ1) is 22.9. The predicted molar refractivity (Wildman–Crippen MR) is 109 cm³/mol. The van der Waals surface area contributed by atoms with Gasteiger partial charge in [0.25, 0.3) is 0 Å². The fourth-order valence-electron chi connectivity index (χ4n) is 3.87. The van der Waals surface area contributed by atoms with Crippen LogP contribution >= 0.6 is 0 Å². The quantitative estimate of drug-likeness (QED) is 0.340. The Morgan fingerprint density at radius 3 is 2.52 bits per heavy atom. The van der Waals surface area contributed by atoms with Crippen LogP contribution in [0.15, 0.2) is 18.2 Å². The first-order valence-corrected chi connectivity index (χ1v) is 10.4. The standard InChI is InChI=1S/C23H32O6/c1-15(2)18-10-8-16(3)12-20(18)29-23(26)7-5-6-22(25)28-19-11-9-17(14-24)13-21(19)27-4/h9,11,13-16,18,20H,5-8,10,12H2,1-4H3. The van der Waals surface area contributed by atoms with E-state index in [-0.39, 0.29) is 30.7 Å². The van der Waals surface area contributed by atoms with Crippen molar-refractivity contribution in [3.8, 4) is 11.5 Å². The number of benzene rings is 1. The van der Waals surface area contributed by atoms with Crippen LogP contribution in [0.2, 0.25) is 0 Å². The Morgan fingerprint density at radius 1 is 1.14 bits per heavy atom. The van der Waals surface area contributed by atoms with Crippen molar-refractivity contribution in [3.05, 3.63) is 23.8 Å². The molecule has 0 aliphatic heterocycles. The fourth-order valence-corrected chi connectivity index (χ4v) is 3.87. The minimum Gasteiger partial charge on any atom is -0.493 e. The summed E-state index contributed by atoms with van der Waals surface area (Å²) in [4.78, 5) is 35.2. The van der Waals surface area contributed by atoms with E-state index >= 15 is 0 Å². The molecule has 0 spiro atoms. The summed E-state index contributed by atoms with van der Waals surface area (Å²) in [6, 6.07) is 4.57. The summed E-state index contributed by atoms with van der Waals surface area (Å²) in [7, 11) is 1.44. The minimum atomic E-state index is -0.457. The van der Waals surface area contributed by atoms with Gasteiger partial charge in [-0.15, -0.1) is 0 Å². The minimum absolute atomic E-state index is 0.0289. The van der Waals surface area contributed by atoms with E-state index in [0.717, 1.165) is 12.8 Å². The average Bonchev–Trinajstić information content (AvgIpc) is 2.68. The van der Waals surface area contributed by atoms with Gasteiger partial charge < -0.3 is 14.2 Å². The highest BCUT2D eigenvalue weighted by Gasteiger charge is 2.33. The third-order valence-corrected chi connectivity index (χ3v) is 5.55. The van der Waals surface area contributed by atoms with Gasteiger partial charge >= 0.3 is 11.9 Å². The number of hydrogen-bond acceptors (Lipinski definition) is 6. The molecule has 0 aromatic heterocycles. The van der Waals surface area contributed by atoms with E-state index in [0.29, 0.717) is 41.8 Å². The van der Waals surface area contributed by atoms with Crippen LogP contribution in [0.4, 0.5) is 0 Å². The van der Waals surface area contributed by atoms with Gasteiger partial charge in [0.05, 0.1) is 7.11 Å². The van der Waals surface area contributed by atoms with Gasteiger partial charge in [-0.2, -0.15) is 0 Å². The normalized spacial score (nSPS) is 21.5. The van der Waals surface area contributed by atoms with Crippen molar-refractivity contribution in [2.24, 2.45) is 17.8 Å². The SMILES string of the molecule is COc1cc(C=O)ccc1OC(=O)CCCC(=O)OC1CC(C)CCC1C(C)C. The molecule has 0 N–H and O–H groups in total. The molecule has 0 radical (unpaired) electrons. The lowest BCUT2D eigenvalue weighted by molar-refractivity contribution is -0.156. The van der Waals surface area contributed by atoms with Crippen molar-refractivity contribution in [3.63, 3.8) is 0 Å². The van der Waals surface area contributed by atoms with E-state index < -0.39 is 5.97 Å². The molecule has 1 saturated carbocycles. The zero-order valence-electron chi connectivity index (χ0n) is 17.8. The van der Waals surface area contributed by atoms with E-state index in [4.69, 9.17) is 14.2 Å². The maximum absolute atomic E-state index is 12.3. The average molecular weight is 405 g/mol. The number of aldehydes is 1. The smallest absolute Gasteiger partial charge is 0.311 e. The summed E-state index contributed by atoms with van der Waals surface area (Å²) in [5, 5.41) is 0. The van der Waals surface area contributed by atoms with Crippen LogP contribution in [0.5, 0.6) is 11.5 Å². The second-order valence-electron chi connectivity index (χ2n) is 8.21. The number of carbonyl (C=O) groups excluding carboxylic acids is 3. The number of esters is 2. The Labute approximate surface area is 172 Å². The van der Waals surface area contributed by atoms with Crippen LogP contribution in [0.1, 0.15) is 69.7 Å². The van der Waals surface area contributed by atoms with Gasteiger partial charge in [-0.3, -0.25) is 14.4 Å². The maximum Gasteiger partial charge on any atom is 0.311 e. The van der Waals surface area contributed by atoms with Crippen LogP contribution in [0.3, 0.4) is 0 Å². The Balaban J connectivity index is 1.79. The molecule has 1 aliphatic carbocycles.